The molecule has 0 bridgehead atoms. The van der Waals surface area contributed by atoms with Crippen molar-refractivity contribution in [2.24, 2.45) is 0 Å². The molecule has 0 saturated carbocycles. The molecular weight excluding hydrogens is 405 g/mol. The van der Waals surface area contributed by atoms with Gasteiger partial charge in [0.15, 0.2) is 0 Å². The van der Waals surface area contributed by atoms with Crippen LogP contribution in [0.1, 0.15) is 18.5 Å². The highest BCUT2D eigenvalue weighted by atomic mass is 19.1. The minimum atomic E-state index is -0.201. The molecule has 1 unspecified atom stereocenters. The molecule has 2 aromatic heterocycles. The SMILES string of the molecule is CC(c1ccc(F)cc1)N1CCN(c2cc(Oc3cccc4cnccc34)ncn2)CC1. The van der Waals surface area contributed by atoms with Crippen LogP contribution in [0.2, 0.25) is 0 Å². The zero-order valence-electron chi connectivity index (χ0n) is 17.9. The molecular formula is C25H24FN5O. The highest BCUT2D eigenvalue weighted by Gasteiger charge is 2.23. The van der Waals surface area contributed by atoms with Gasteiger partial charge in [0.2, 0.25) is 5.88 Å². The Morgan fingerprint density at radius 2 is 1.78 bits per heavy atom. The number of hydrogen-bond acceptors (Lipinski definition) is 6. The Morgan fingerprint density at radius 1 is 0.969 bits per heavy atom. The Labute approximate surface area is 186 Å². The van der Waals surface area contributed by atoms with Crippen molar-refractivity contribution in [2.75, 3.05) is 31.1 Å². The van der Waals surface area contributed by atoms with Gasteiger partial charge in [-0.15, -0.1) is 0 Å². The van der Waals surface area contributed by atoms with E-state index in [1.807, 2.05) is 48.7 Å². The lowest BCUT2D eigenvalue weighted by Crippen LogP contribution is -2.47. The van der Waals surface area contributed by atoms with Crippen LogP contribution in [-0.2, 0) is 0 Å². The van der Waals surface area contributed by atoms with E-state index in [1.54, 1.807) is 12.5 Å². The fraction of sp³-hybridized carbons (Fsp3) is 0.240. The van der Waals surface area contributed by atoms with Gasteiger partial charge in [-0.25, -0.2) is 14.4 Å². The Hall–Kier alpha value is -3.58. The fourth-order valence-corrected chi connectivity index (χ4v) is 4.14. The van der Waals surface area contributed by atoms with Crippen LogP contribution in [0.3, 0.4) is 0 Å². The third kappa shape index (κ3) is 4.24. The molecule has 1 atom stereocenters. The van der Waals surface area contributed by atoms with Crippen molar-refractivity contribution in [3.8, 4) is 11.6 Å². The number of piperazine rings is 1. The number of aromatic nitrogens is 3. The summed E-state index contributed by atoms with van der Waals surface area (Å²) in [7, 11) is 0. The number of fused-ring (bicyclic) bond motifs is 1. The summed E-state index contributed by atoms with van der Waals surface area (Å²) >= 11 is 0. The molecule has 6 nitrogen and oxygen atoms in total. The van der Waals surface area contributed by atoms with Crippen LogP contribution in [0.5, 0.6) is 11.6 Å². The van der Waals surface area contributed by atoms with Crippen LogP contribution in [0.25, 0.3) is 10.8 Å². The highest BCUT2D eigenvalue weighted by Crippen LogP contribution is 2.30. The maximum Gasteiger partial charge on any atom is 0.224 e. The van der Waals surface area contributed by atoms with Crippen LogP contribution in [0.15, 0.2) is 73.3 Å². The molecule has 4 aromatic rings. The van der Waals surface area contributed by atoms with Crippen LogP contribution in [-0.4, -0.2) is 46.0 Å². The summed E-state index contributed by atoms with van der Waals surface area (Å²) in [5.74, 6) is 1.91. The Bertz CT molecular complexity index is 1200. The van der Waals surface area contributed by atoms with E-state index >= 15 is 0 Å². The quantitative estimate of drug-likeness (QED) is 0.453. The molecule has 1 saturated heterocycles. The van der Waals surface area contributed by atoms with E-state index in [2.05, 4.69) is 31.7 Å². The molecule has 2 aromatic carbocycles. The number of benzene rings is 2. The van der Waals surface area contributed by atoms with Gasteiger partial charge in [-0.3, -0.25) is 9.88 Å². The molecule has 3 heterocycles. The van der Waals surface area contributed by atoms with Crippen LogP contribution >= 0.6 is 0 Å². The number of nitrogens with zero attached hydrogens (tertiary/aromatic N) is 5. The second-order valence-electron chi connectivity index (χ2n) is 7.92. The summed E-state index contributed by atoms with van der Waals surface area (Å²) in [5.41, 5.74) is 1.13. The molecule has 7 heteroatoms. The van der Waals surface area contributed by atoms with Crippen LogP contribution < -0.4 is 9.64 Å². The van der Waals surface area contributed by atoms with E-state index < -0.39 is 0 Å². The van der Waals surface area contributed by atoms with Crippen LogP contribution in [0.4, 0.5) is 10.2 Å². The number of pyridine rings is 1. The summed E-state index contributed by atoms with van der Waals surface area (Å²) in [5, 5.41) is 2.01. The van der Waals surface area contributed by atoms with Gasteiger partial charge in [-0.1, -0.05) is 24.3 Å². The monoisotopic (exact) mass is 429 g/mol. The summed E-state index contributed by atoms with van der Waals surface area (Å²) in [6.45, 7) is 5.66. The van der Waals surface area contributed by atoms with E-state index in [9.17, 15) is 4.39 Å². The molecule has 162 valence electrons. The molecule has 5 rings (SSSR count). The molecule has 0 radical (unpaired) electrons. The van der Waals surface area contributed by atoms with Gasteiger partial charge in [-0.05, 0) is 36.8 Å². The Kier molecular flexibility index (Phi) is 5.64. The van der Waals surface area contributed by atoms with E-state index in [0.29, 0.717) is 5.88 Å². The number of ether oxygens (including phenoxy) is 1. The van der Waals surface area contributed by atoms with Gasteiger partial charge < -0.3 is 9.64 Å². The number of rotatable bonds is 5. The summed E-state index contributed by atoms with van der Waals surface area (Å²) in [4.78, 5) is 17.6. The fourth-order valence-electron chi connectivity index (χ4n) is 4.14. The van der Waals surface area contributed by atoms with Gasteiger partial charge in [0.25, 0.3) is 0 Å². The van der Waals surface area contributed by atoms with E-state index in [0.717, 1.165) is 54.1 Å². The van der Waals surface area contributed by atoms with Crippen molar-refractivity contribution in [1.29, 1.82) is 0 Å². The molecule has 0 amide bonds. The molecule has 1 aliphatic rings. The minimum Gasteiger partial charge on any atom is -0.438 e. The van der Waals surface area contributed by atoms with E-state index in [4.69, 9.17) is 4.74 Å². The zero-order valence-corrected chi connectivity index (χ0v) is 17.9. The molecule has 32 heavy (non-hydrogen) atoms. The van der Waals surface area contributed by atoms with Gasteiger partial charge >= 0.3 is 0 Å². The first-order chi connectivity index (χ1) is 15.7. The van der Waals surface area contributed by atoms with Gasteiger partial charge in [0.1, 0.15) is 23.7 Å². The minimum absolute atomic E-state index is 0.201. The lowest BCUT2D eigenvalue weighted by atomic mass is 10.1. The summed E-state index contributed by atoms with van der Waals surface area (Å²) < 4.78 is 19.3. The average molecular weight is 429 g/mol. The highest BCUT2D eigenvalue weighted by molar-refractivity contribution is 5.87. The van der Waals surface area contributed by atoms with Gasteiger partial charge in [0, 0.05) is 61.5 Å². The molecule has 0 N–H and O–H groups in total. The molecule has 1 aliphatic heterocycles. The lowest BCUT2D eigenvalue weighted by molar-refractivity contribution is 0.198. The van der Waals surface area contributed by atoms with E-state index in [1.165, 1.54) is 12.1 Å². The average Bonchev–Trinajstić information content (AvgIpc) is 2.85. The van der Waals surface area contributed by atoms with Gasteiger partial charge in [-0.2, -0.15) is 0 Å². The molecule has 0 aliphatic carbocycles. The van der Waals surface area contributed by atoms with Crippen molar-refractivity contribution in [3.63, 3.8) is 0 Å². The Balaban J connectivity index is 1.27. The third-order valence-corrected chi connectivity index (χ3v) is 6.02. The first-order valence-electron chi connectivity index (χ1n) is 10.7. The molecule has 0 spiro atoms. The van der Waals surface area contributed by atoms with Crippen molar-refractivity contribution in [3.05, 3.63) is 84.7 Å². The molecule has 1 fully saturated rings. The largest absolute Gasteiger partial charge is 0.438 e. The first-order valence-corrected chi connectivity index (χ1v) is 10.7. The predicted octanol–water partition coefficient (Wildman–Crippen LogP) is 4.84. The zero-order chi connectivity index (χ0) is 21.9. The van der Waals surface area contributed by atoms with Crippen molar-refractivity contribution in [2.45, 2.75) is 13.0 Å². The van der Waals surface area contributed by atoms with Gasteiger partial charge in [0.05, 0.1) is 0 Å². The van der Waals surface area contributed by atoms with E-state index in [-0.39, 0.29) is 11.9 Å². The normalized spacial score (nSPS) is 15.6. The smallest absolute Gasteiger partial charge is 0.224 e. The Morgan fingerprint density at radius 3 is 2.59 bits per heavy atom. The third-order valence-electron chi connectivity index (χ3n) is 6.02. The van der Waals surface area contributed by atoms with Crippen LogP contribution in [0, 0.1) is 5.82 Å². The maximum absolute atomic E-state index is 13.2. The standard InChI is InChI=1S/C25H24FN5O/c1-18(19-5-7-21(26)8-6-19)30-11-13-31(14-12-30)24-15-25(29-17-28-24)32-23-4-2-3-20-16-27-10-9-22(20)23/h2-10,15-18H,11-14H2,1H3. The number of anilines is 1. The summed E-state index contributed by atoms with van der Waals surface area (Å²) in [6.07, 6.45) is 5.12. The summed E-state index contributed by atoms with van der Waals surface area (Å²) in [6, 6.07) is 16.7. The lowest BCUT2D eigenvalue weighted by Gasteiger charge is -2.38. The van der Waals surface area contributed by atoms with Crippen molar-refractivity contribution >= 4 is 16.6 Å². The first kappa shape index (κ1) is 20.3. The van der Waals surface area contributed by atoms with Crippen molar-refractivity contribution < 1.29 is 9.13 Å². The topological polar surface area (TPSA) is 54.4 Å². The number of hydrogen-bond donors (Lipinski definition) is 0. The second-order valence-corrected chi connectivity index (χ2v) is 7.92. The second kappa shape index (κ2) is 8.88. The maximum atomic E-state index is 13.2. The predicted molar refractivity (Wildman–Crippen MR) is 122 cm³/mol. The van der Waals surface area contributed by atoms with Crippen molar-refractivity contribution in [1.82, 2.24) is 19.9 Å². The number of halogens is 1.